The molecule has 2 aromatic rings. The van der Waals surface area contributed by atoms with Gasteiger partial charge in [-0.05, 0) is 30.8 Å². The van der Waals surface area contributed by atoms with Crippen LogP contribution in [0, 0.1) is 0 Å². The molecule has 0 unspecified atom stereocenters. The van der Waals surface area contributed by atoms with Crippen molar-refractivity contribution >= 4 is 23.2 Å². The average Bonchev–Trinajstić information content (AvgIpc) is 2.49. The molecular formula is C16H17Cl2NO2. The lowest BCUT2D eigenvalue weighted by Gasteiger charge is -2.13. The molecular weight excluding hydrogens is 309 g/mol. The maximum Gasteiger partial charge on any atom is 0.161 e. The minimum absolute atomic E-state index is 0.332. The minimum Gasteiger partial charge on any atom is -0.493 e. The van der Waals surface area contributed by atoms with Gasteiger partial charge in [-0.2, -0.15) is 0 Å². The molecule has 0 amide bonds. The molecule has 21 heavy (non-hydrogen) atoms. The van der Waals surface area contributed by atoms with Crippen molar-refractivity contribution in [2.45, 2.75) is 13.2 Å². The van der Waals surface area contributed by atoms with Crippen molar-refractivity contribution in [3.8, 4) is 11.5 Å². The number of hydrogen-bond acceptors (Lipinski definition) is 3. The fourth-order valence-electron chi connectivity index (χ4n) is 1.96. The zero-order chi connectivity index (χ0) is 15.2. The monoisotopic (exact) mass is 325 g/mol. The van der Waals surface area contributed by atoms with Crippen LogP contribution in [0.5, 0.6) is 11.5 Å². The molecule has 112 valence electrons. The molecule has 0 heterocycles. The summed E-state index contributed by atoms with van der Waals surface area (Å²) in [5.41, 5.74) is 1.95. The van der Waals surface area contributed by atoms with Gasteiger partial charge in [0.15, 0.2) is 11.5 Å². The number of nitrogens with one attached hydrogen (secondary N) is 1. The molecule has 0 atom stereocenters. The SMILES string of the molecule is CNCc1ccc(OC)c(OCc2cccc(Cl)c2Cl)c1. The highest BCUT2D eigenvalue weighted by Gasteiger charge is 2.09. The summed E-state index contributed by atoms with van der Waals surface area (Å²) in [7, 11) is 3.52. The van der Waals surface area contributed by atoms with Crippen LogP contribution in [-0.2, 0) is 13.2 Å². The molecule has 0 spiro atoms. The lowest BCUT2D eigenvalue weighted by Crippen LogP contribution is -2.06. The van der Waals surface area contributed by atoms with Gasteiger partial charge in [0.25, 0.3) is 0 Å². The third kappa shape index (κ3) is 4.03. The molecule has 0 aliphatic rings. The van der Waals surface area contributed by atoms with Crippen molar-refractivity contribution in [1.29, 1.82) is 0 Å². The van der Waals surface area contributed by atoms with Gasteiger partial charge in [0.2, 0.25) is 0 Å². The molecule has 0 aliphatic carbocycles. The fraction of sp³-hybridized carbons (Fsp3) is 0.250. The molecule has 0 saturated carbocycles. The van der Waals surface area contributed by atoms with Crippen LogP contribution in [0.25, 0.3) is 0 Å². The van der Waals surface area contributed by atoms with E-state index in [1.807, 2.05) is 37.4 Å². The summed E-state index contributed by atoms with van der Waals surface area (Å²) in [5, 5.41) is 4.14. The van der Waals surface area contributed by atoms with Gasteiger partial charge in [0, 0.05) is 12.1 Å². The van der Waals surface area contributed by atoms with Crippen molar-refractivity contribution in [3.05, 3.63) is 57.6 Å². The van der Waals surface area contributed by atoms with Crippen molar-refractivity contribution < 1.29 is 9.47 Å². The van der Waals surface area contributed by atoms with Crippen molar-refractivity contribution in [2.75, 3.05) is 14.2 Å². The molecule has 2 rings (SSSR count). The maximum atomic E-state index is 6.16. The summed E-state index contributed by atoms with van der Waals surface area (Å²) >= 11 is 12.2. The highest BCUT2D eigenvalue weighted by molar-refractivity contribution is 6.42. The van der Waals surface area contributed by atoms with Gasteiger partial charge in [-0.25, -0.2) is 0 Å². The van der Waals surface area contributed by atoms with Crippen LogP contribution in [0.15, 0.2) is 36.4 Å². The zero-order valence-corrected chi connectivity index (χ0v) is 13.5. The summed E-state index contributed by atoms with van der Waals surface area (Å²) in [5.74, 6) is 1.37. The lowest BCUT2D eigenvalue weighted by atomic mass is 10.2. The van der Waals surface area contributed by atoms with Crippen LogP contribution in [-0.4, -0.2) is 14.2 Å². The molecule has 3 nitrogen and oxygen atoms in total. The van der Waals surface area contributed by atoms with Crippen LogP contribution in [0.4, 0.5) is 0 Å². The summed E-state index contributed by atoms with van der Waals surface area (Å²) in [4.78, 5) is 0. The van der Waals surface area contributed by atoms with Crippen LogP contribution in [0.3, 0.4) is 0 Å². The van der Waals surface area contributed by atoms with Gasteiger partial charge in [0.1, 0.15) is 6.61 Å². The Bertz CT molecular complexity index is 617. The van der Waals surface area contributed by atoms with E-state index in [9.17, 15) is 0 Å². The quantitative estimate of drug-likeness (QED) is 0.858. The summed E-state index contributed by atoms with van der Waals surface area (Å²) < 4.78 is 11.2. The van der Waals surface area contributed by atoms with Gasteiger partial charge in [-0.1, -0.05) is 41.4 Å². The minimum atomic E-state index is 0.332. The van der Waals surface area contributed by atoms with E-state index in [4.69, 9.17) is 32.7 Å². The molecule has 5 heteroatoms. The summed E-state index contributed by atoms with van der Waals surface area (Å²) in [6.45, 7) is 1.09. The van der Waals surface area contributed by atoms with Gasteiger partial charge in [-0.3, -0.25) is 0 Å². The first kappa shape index (κ1) is 16.0. The van der Waals surface area contributed by atoms with E-state index in [2.05, 4.69) is 5.32 Å². The number of hydrogen-bond donors (Lipinski definition) is 1. The largest absolute Gasteiger partial charge is 0.493 e. The third-order valence-electron chi connectivity index (χ3n) is 3.02. The molecule has 0 bridgehead atoms. The van der Waals surface area contributed by atoms with Gasteiger partial charge in [0.05, 0.1) is 17.2 Å². The molecule has 1 N–H and O–H groups in total. The fourth-order valence-corrected chi connectivity index (χ4v) is 2.34. The molecule has 0 fully saturated rings. The van der Waals surface area contributed by atoms with Gasteiger partial charge in [-0.15, -0.1) is 0 Å². The van der Waals surface area contributed by atoms with Crippen LogP contribution >= 0.6 is 23.2 Å². The van der Waals surface area contributed by atoms with Crippen molar-refractivity contribution in [2.24, 2.45) is 0 Å². The Morgan fingerprint density at radius 1 is 1.10 bits per heavy atom. The van der Waals surface area contributed by atoms with Gasteiger partial charge >= 0.3 is 0 Å². The zero-order valence-electron chi connectivity index (χ0n) is 12.0. The smallest absolute Gasteiger partial charge is 0.161 e. The summed E-state index contributed by atoms with van der Waals surface area (Å²) in [6, 6.07) is 11.3. The number of halogens is 2. The van der Waals surface area contributed by atoms with E-state index in [-0.39, 0.29) is 0 Å². The van der Waals surface area contributed by atoms with Crippen molar-refractivity contribution in [3.63, 3.8) is 0 Å². The predicted molar refractivity (Wildman–Crippen MR) is 86.6 cm³/mol. The van der Waals surface area contributed by atoms with Crippen LogP contribution in [0.1, 0.15) is 11.1 Å². The number of ether oxygens (including phenoxy) is 2. The maximum absolute atomic E-state index is 6.16. The highest BCUT2D eigenvalue weighted by Crippen LogP contribution is 2.31. The Hall–Kier alpha value is -1.42. The third-order valence-corrected chi connectivity index (χ3v) is 3.88. The van der Waals surface area contributed by atoms with E-state index in [0.717, 1.165) is 17.7 Å². The average molecular weight is 326 g/mol. The Kier molecular flexibility index (Phi) is 5.74. The number of rotatable bonds is 6. The second-order valence-corrected chi connectivity index (χ2v) is 5.30. The summed E-state index contributed by atoms with van der Waals surface area (Å²) in [6.07, 6.45) is 0. The van der Waals surface area contributed by atoms with Crippen LogP contribution in [0.2, 0.25) is 10.0 Å². The normalized spacial score (nSPS) is 10.5. The Morgan fingerprint density at radius 2 is 1.90 bits per heavy atom. The van der Waals surface area contributed by atoms with E-state index < -0.39 is 0 Å². The Labute approximate surface area is 134 Å². The van der Waals surface area contributed by atoms with E-state index >= 15 is 0 Å². The lowest BCUT2D eigenvalue weighted by molar-refractivity contribution is 0.284. The Morgan fingerprint density at radius 3 is 2.62 bits per heavy atom. The van der Waals surface area contributed by atoms with E-state index in [0.29, 0.717) is 28.2 Å². The second kappa shape index (κ2) is 7.55. The molecule has 2 aromatic carbocycles. The first-order chi connectivity index (χ1) is 10.2. The highest BCUT2D eigenvalue weighted by atomic mass is 35.5. The molecule has 0 aliphatic heterocycles. The first-order valence-electron chi connectivity index (χ1n) is 6.53. The predicted octanol–water partition coefficient (Wildman–Crippen LogP) is 4.30. The first-order valence-corrected chi connectivity index (χ1v) is 7.28. The molecule has 0 radical (unpaired) electrons. The van der Waals surface area contributed by atoms with Crippen LogP contribution < -0.4 is 14.8 Å². The second-order valence-electron chi connectivity index (χ2n) is 4.52. The topological polar surface area (TPSA) is 30.5 Å². The van der Waals surface area contributed by atoms with Gasteiger partial charge < -0.3 is 14.8 Å². The van der Waals surface area contributed by atoms with E-state index in [1.54, 1.807) is 13.2 Å². The standard InChI is InChI=1S/C16H17Cl2NO2/c1-19-9-11-6-7-14(20-2)15(8-11)21-10-12-4-3-5-13(17)16(12)18/h3-8,19H,9-10H2,1-2H3. The molecule has 0 saturated heterocycles. The Balaban J connectivity index is 2.18. The number of benzene rings is 2. The van der Waals surface area contributed by atoms with Crippen molar-refractivity contribution in [1.82, 2.24) is 5.32 Å². The van der Waals surface area contributed by atoms with E-state index in [1.165, 1.54) is 0 Å². The molecule has 0 aromatic heterocycles. The number of methoxy groups -OCH3 is 1.